The summed E-state index contributed by atoms with van der Waals surface area (Å²) in [6.07, 6.45) is 3.58. The molecule has 1 N–H and O–H groups in total. The molecule has 0 aliphatic heterocycles. The van der Waals surface area contributed by atoms with Crippen molar-refractivity contribution in [1.82, 2.24) is 15.4 Å². The van der Waals surface area contributed by atoms with E-state index >= 15 is 0 Å². The van der Waals surface area contributed by atoms with Crippen LogP contribution in [-0.2, 0) is 9.47 Å². The van der Waals surface area contributed by atoms with Gasteiger partial charge in [0, 0.05) is 5.56 Å². The van der Waals surface area contributed by atoms with Gasteiger partial charge in [-0.25, -0.2) is 0 Å². The standard InChI is InChI=1S/C18H18N4O2/c1-5-13(10-17(24-4)12(2)23-3)14-7-6-8-15(9-14)18-16(11-19)20-22-21-18/h5-10H,1H2,2-4H3,(H,20,21,22)/b13-10+,17-12-. The third-order valence-electron chi connectivity index (χ3n) is 3.50. The molecule has 1 aromatic heterocycles. The molecule has 24 heavy (non-hydrogen) atoms. The number of nitriles is 1. The highest BCUT2D eigenvalue weighted by molar-refractivity contribution is 5.78. The van der Waals surface area contributed by atoms with Crippen LogP contribution >= 0.6 is 0 Å². The normalized spacial score (nSPS) is 12.2. The largest absolute Gasteiger partial charge is 0.498 e. The lowest BCUT2D eigenvalue weighted by Crippen LogP contribution is -1.93. The van der Waals surface area contributed by atoms with E-state index in [1.165, 1.54) is 0 Å². The predicted octanol–water partition coefficient (Wildman–Crippen LogP) is 3.44. The second kappa shape index (κ2) is 7.79. The second-order valence-electron chi connectivity index (χ2n) is 4.85. The van der Waals surface area contributed by atoms with E-state index in [-0.39, 0.29) is 5.69 Å². The number of rotatable bonds is 6. The van der Waals surface area contributed by atoms with Gasteiger partial charge in [-0.05, 0) is 30.2 Å². The SMILES string of the molecule is C=C/C(=C\C(OC)=C(/C)OC)c1cccc(-c2n[nH]nc2C#N)c1. The van der Waals surface area contributed by atoms with Gasteiger partial charge in [-0.2, -0.15) is 15.6 Å². The molecular weight excluding hydrogens is 304 g/mol. The van der Waals surface area contributed by atoms with Crippen LogP contribution in [-0.4, -0.2) is 29.6 Å². The monoisotopic (exact) mass is 322 g/mol. The van der Waals surface area contributed by atoms with Crippen molar-refractivity contribution in [1.29, 1.82) is 5.26 Å². The molecule has 0 atom stereocenters. The first-order chi connectivity index (χ1) is 11.6. The summed E-state index contributed by atoms with van der Waals surface area (Å²) < 4.78 is 10.6. The van der Waals surface area contributed by atoms with Crippen molar-refractivity contribution in [3.8, 4) is 17.3 Å². The third-order valence-corrected chi connectivity index (χ3v) is 3.50. The molecule has 0 aliphatic rings. The third kappa shape index (κ3) is 3.52. The summed E-state index contributed by atoms with van der Waals surface area (Å²) in [5, 5.41) is 19.4. The average molecular weight is 322 g/mol. The Kier molecular flexibility index (Phi) is 5.53. The van der Waals surface area contributed by atoms with Gasteiger partial charge in [0.1, 0.15) is 17.5 Å². The summed E-state index contributed by atoms with van der Waals surface area (Å²) in [4.78, 5) is 0. The van der Waals surface area contributed by atoms with Crippen molar-refractivity contribution in [3.05, 3.63) is 65.8 Å². The van der Waals surface area contributed by atoms with Gasteiger partial charge in [0.25, 0.3) is 0 Å². The highest BCUT2D eigenvalue weighted by atomic mass is 16.5. The molecule has 6 nitrogen and oxygen atoms in total. The maximum atomic E-state index is 9.10. The minimum absolute atomic E-state index is 0.254. The van der Waals surface area contributed by atoms with Gasteiger partial charge in [-0.3, -0.25) is 0 Å². The van der Waals surface area contributed by atoms with Crippen LogP contribution in [0.4, 0.5) is 0 Å². The van der Waals surface area contributed by atoms with Gasteiger partial charge in [0.05, 0.1) is 14.2 Å². The summed E-state index contributed by atoms with van der Waals surface area (Å²) >= 11 is 0. The van der Waals surface area contributed by atoms with E-state index in [9.17, 15) is 0 Å². The minimum Gasteiger partial charge on any atom is -0.498 e. The van der Waals surface area contributed by atoms with Crippen LogP contribution in [0.2, 0.25) is 0 Å². The van der Waals surface area contributed by atoms with Crippen LogP contribution in [0.15, 0.2) is 54.5 Å². The molecule has 0 bridgehead atoms. The van der Waals surface area contributed by atoms with Crippen molar-refractivity contribution in [2.75, 3.05) is 14.2 Å². The van der Waals surface area contributed by atoms with Crippen LogP contribution in [0.3, 0.4) is 0 Å². The molecule has 0 saturated heterocycles. The summed E-state index contributed by atoms with van der Waals surface area (Å²) in [5.74, 6) is 1.27. The van der Waals surface area contributed by atoms with E-state index in [0.717, 1.165) is 16.7 Å². The van der Waals surface area contributed by atoms with E-state index in [4.69, 9.17) is 14.7 Å². The van der Waals surface area contributed by atoms with Crippen LogP contribution in [0.1, 0.15) is 18.2 Å². The first-order valence-electron chi connectivity index (χ1n) is 7.19. The van der Waals surface area contributed by atoms with E-state index in [2.05, 4.69) is 22.0 Å². The summed E-state index contributed by atoms with van der Waals surface area (Å²) in [6.45, 7) is 5.68. The molecule has 2 aromatic rings. The minimum atomic E-state index is 0.254. The highest BCUT2D eigenvalue weighted by Crippen LogP contribution is 2.25. The molecule has 0 fully saturated rings. The van der Waals surface area contributed by atoms with E-state index in [0.29, 0.717) is 17.2 Å². The Morgan fingerprint density at radius 1 is 1.29 bits per heavy atom. The van der Waals surface area contributed by atoms with Gasteiger partial charge in [-0.1, -0.05) is 30.9 Å². The van der Waals surface area contributed by atoms with Crippen LogP contribution in [0.5, 0.6) is 0 Å². The van der Waals surface area contributed by atoms with Gasteiger partial charge in [0.2, 0.25) is 0 Å². The molecule has 0 spiro atoms. The Hall–Kier alpha value is -3.33. The first-order valence-corrected chi connectivity index (χ1v) is 7.19. The Morgan fingerprint density at radius 2 is 2.08 bits per heavy atom. The number of H-pyrrole nitrogens is 1. The van der Waals surface area contributed by atoms with Crippen LogP contribution in [0.25, 0.3) is 16.8 Å². The molecule has 1 heterocycles. The van der Waals surface area contributed by atoms with Crippen molar-refractivity contribution in [2.24, 2.45) is 0 Å². The summed E-state index contributed by atoms with van der Waals surface area (Å²) in [5.41, 5.74) is 3.32. The topological polar surface area (TPSA) is 83.8 Å². The first kappa shape index (κ1) is 17.0. The zero-order chi connectivity index (χ0) is 17.5. The zero-order valence-corrected chi connectivity index (χ0v) is 13.8. The maximum absolute atomic E-state index is 9.10. The number of hydrogen-bond acceptors (Lipinski definition) is 5. The summed E-state index contributed by atoms with van der Waals surface area (Å²) in [6, 6.07) is 9.64. The fourth-order valence-electron chi connectivity index (χ4n) is 2.16. The van der Waals surface area contributed by atoms with Crippen LogP contribution in [0, 0.1) is 11.3 Å². The Morgan fingerprint density at radius 3 is 2.71 bits per heavy atom. The lowest BCUT2D eigenvalue weighted by Gasteiger charge is -2.09. The second-order valence-corrected chi connectivity index (χ2v) is 4.85. The fourth-order valence-corrected chi connectivity index (χ4v) is 2.16. The molecule has 0 amide bonds. The molecule has 122 valence electrons. The summed E-state index contributed by atoms with van der Waals surface area (Å²) in [7, 11) is 3.17. The number of nitrogens with one attached hydrogen (secondary N) is 1. The Labute approximate surface area is 140 Å². The molecule has 2 rings (SSSR count). The van der Waals surface area contributed by atoms with Crippen molar-refractivity contribution >= 4 is 5.57 Å². The number of nitrogens with zero attached hydrogens (tertiary/aromatic N) is 3. The maximum Gasteiger partial charge on any atom is 0.190 e. The van der Waals surface area contributed by atoms with Crippen molar-refractivity contribution < 1.29 is 9.47 Å². The molecule has 0 unspecified atom stereocenters. The average Bonchev–Trinajstić information content (AvgIpc) is 3.11. The van der Waals surface area contributed by atoms with Crippen molar-refractivity contribution in [2.45, 2.75) is 6.92 Å². The quantitative estimate of drug-likeness (QED) is 0.650. The van der Waals surface area contributed by atoms with Crippen LogP contribution < -0.4 is 0 Å². The smallest absolute Gasteiger partial charge is 0.190 e. The number of allylic oxidation sites excluding steroid dienone is 4. The Balaban J connectivity index is 2.50. The highest BCUT2D eigenvalue weighted by Gasteiger charge is 2.11. The number of aromatic nitrogens is 3. The number of methoxy groups -OCH3 is 2. The number of benzene rings is 1. The van der Waals surface area contributed by atoms with E-state index in [1.54, 1.807) is 20.3 Å². The van der Waals surface area contributed by atoms with Gasteiger partial charge in [0.15, 0.2) is 11.5 Å². The van der Waals surface area contributed by atoms with Gasteiger partial charge in [-0.15, -0.1) is 5.10 Å². The molecule has 6 heteroatoms. The Bertz CT molecular complexity index is 841. The fraction of sp³-hybridized carbons (Fsp3) is 0.167. The number of hydrogen-bond donors (Lipinski definition) is 1. The van der Waals surface area contributed by atoms with E-state index < -0.39 is 0 Å². The molecule has 0 radical (unpaired) electrons. The number of ether oxygens (including phenoxy) is 2. The van der Waals surface area contributed by atoms with Gasteiger partial charge < -0.3 is 9.47 Å². The van der Waals surface area contributed by atoms with E-state index in [1.807, 2.05) is 43.3 Å². The molecule has 1 aromatic carbocycles. The molecule has 0 aliphatic carbocycles. The molecular formula is C18H18N4O2. The lowest BCUT2D eigenvalue weighted by molar-refractivity contribution is 0.233. The van der Waals surface area contributed by atoms with Gasteiger partial charge >= 0.3 is 0 Å². The lowest BCUT2D eigenvalue weighted by atomic mass is 10.0. The zero-order valence-electron chi connectivity index (χ0n) is 13.8. The predicted molar refractivity (Wildman–Crippen MR) is 91.4 cm³/mol. The van der Waals surface area contributed by atoms with Crippen molar-refractivity contribution in [3.63, 3.8) is 0 Å². The molecule has 0 saturated carbocycles. The number of aromatic amines is 1.